The van der Waals surface area contributed by atoms with Gasteiger partial charge in [0.05, 0.1) is 16.4 Å². The lowest BCUT2D eigenvalue weighted by Crippen LogP contribution is -1.96. The molecule has 2 aromatic heterocycles. The van der Waals surface area contributed by atoms with E-state index in [9.17, 15) is 0 Å². The van der Waals surface area contributed by atoms with E-state index in [0.29, 0.717) is 0 Å². The molecule has 7 rings (SSSR count). The molecule has 0 spiro atoms. The molecule has 5 aromatic carbocycles. The van der Waals surface area contributed by atoms with Gasteiger partial charge in [-0.1, -0.05) is 54.1 Å². The van der Waals surface area contributed by atoms with Crippen LogP contribution in [0.3, 0.4) is 0 Å². The summed E-state index contributed by atoms with van der Waals surface area (Å²) in [6.07, 6.45) is 0. The van der Waals surface area contributed by atoms with Crippen molar-refractivity contribution in [1.82, 2.24) is 4.57 Å². The molecule has 0 saturated heterocycles. The van der Waals surface area contributed by atoms with Crippen LogP contribution in [0.15, 0.2) is 108 Å². The highest BCUT2D eigenvalue weighted by molar-refractivity contribution is 6.23. The predicted octanol–water partition coefficient (Wildman–Crippen LogP) is 9.09. The smallest absolute Gasteiger partial charge is 0.145 e. The largest absolute Gasteiger partial charge is 0.457 e. The second-order valence-corrected chi connectivity index (χ2v) is 9.15. The van der Waals surface area contributed by atoms with Crippen molar-refractivity contribution in [2.75, 3.05) is 0 Å². The summed E-state index contributed by atoms with van der Waals surface area (Å²) in [5, 5.41) is 4.63. The van der Waals surface area contributed by atoms with Crippen LogP contribution in [0.25, 0.3) is 49.4 Å². The number of fused-ring (bicyclic) bond motifs is 7. The van der Waals surface area contributed by atoms with Crippen LogP contribution < -0.4 is 4.74 Å². The first kappa shape index (κ1) is 19.9. The van der Waals surface area contributed by atoms with Crippen molar-refractivity contribution in [2.45, 2.75) is 13.8 Å². The Kier molecular flexibility index (Phi) is 4.27. The van der Waals surface area contributed by atoms with Crippen LogP contribution in [0.4, 0.5) is 0 Å². The van der Waals surface area contributed by atoms with Crippen LogP contribution in [0, 0.1) is 13.8 Å². The molecule has 0 aliphatic heterocycles. The van der Waals surface area contributed by atoms with E-state index in [1.54, 1.807) is 0 Å². The molecule has 168 valence electrons. The molecule has 3 heteroatoms. The Labute approximate surface area is 202 Å². The fourth-order valence-electron chi connectivity index (χ4n) is 5.13. The zero-order chi connectivity index (χ0) is 23.5. The monoisotopic (exact) mass is 453 g/mol. The zero-order valence-corrected chi connectivity index (χ0v) is 19.6. The number of furan rings is 1. The van der Waals surface area contributed by atoms with Crippen LogP contribution >= 0.6 is 0 Å². The standard InChI is InChI=1S/C32H23NO2/c1-20-11-14-23(15-12-20)34-29-18-13-22(19-21(29)2)33-27-9-5-3-8-26(27)31-28(33)17-16-25-24-7-4-6-10-30(24)35-32(25)31/h3-19H,1-2H3. The Hall–Kier alpha value is -4.50. The third-order valence-corrected chi connectivity index (χ3v) is 6.85. The highest BCUT2D eigenvalue weighted by Crippen LogP contribution is 2.40. The number of aromatic nitrogens is 1. The number of rotatable bonds is 3. The number of aryl methyl sites for hydroxylation is 2. The maximum Gasteiger partial charge on any atom is 0.145 e. The molecular formula is C32H23NO2. The van der Waals surface area contributed by atoms with Gasteiger partial charge >= 0.3 is 0 Å². The molecule has 7 aromatic rings. The maximum absolute atomic E-state index is 6.41. The Morgan fingerprint density at radius 1 is 0.657 bits per heavy atom. The van der Waals surface area contributed by atoms with Gasteiger partial charge in [-0.15, -0.1) is 0 Å². The summed E-state index contributed by atoms with van der Waals surface area (Å²) < 4.78 is 14.9. The molecule has 0 saturated carbocycles. The minimum atomic E-state index is 0.843. The predicted molar refractivity (Wildman–Crippen MR) is 144 cm³/mol. The van der Waals surface area contributed by atoms with Crippen LogP contribution in [-0.2, 0) is 0 Å². The number of para-hydroxylation sites is 2. The van der Waals surface area contributed by atoms with Crippen molar-refractivity contribution in [1.29, 1.82) is 0 Å². The molecule has 0 radical (unpaired) electrons. The van der Waals surface area contributed by atoms with Gasteiger partial charge in [0.25, 0.3) is 0 Å². The highest BCUT2D eigenvalue weighted by Gasteiger charge is 2.18. The molecule has 0 unspecified atom stereocenters. The van der Waals surface area contributed by atoms with Crippen LogP contribution in [0.5, 0.6) is 11.5 Å². The van der Waals surface area contributed by atoms with E-state index in [4.69, 9.17) is 9.15 Å². The average Bonchev–Trinajstić information content (AvgIpc) is 3.42. The second kappa shape index (κ2) is 7.51. The van der Waals surface area contributed by atoms with Crippen molar-refractivity contribution in [2.24, 2.45) is 0 Å². The highest BCUT2D eigenvalue weighted by atomic mass is 16.5. The van der Waals surface area contributed by atoms with Gasteiger partial charge in [-0.3, -0.25) is 0 Å². The third-order valence-electron chi connectivity index (χ3n) is 6.85. The van der Waals surface area contributed by atoms with E-state index in [1.807, 2.05) is 24.3 Å². The minimum Gasteiger partial charge on any atom is -0.457 e. The van der Waals surface area contributed by atoms with Gasteiger partial charge in [-0.2, -0.15) is 0 Å². The SMILES string of the molecule is Cc1ccc(Oc2ccc(-n3c4ccccc4c4c5oc6ccccc6c5ccc43)cc2C)cc1. The Bertz CT molecular complexity index is 1890. The lowest BCUT2D eigenvalue weighted by molar-refractivity contribution is 0.478. The first-order chi connectivity index (χ1) is 17.2. The third kappa shape index (κ3) is 3.05. The summed E-state index contributed by atoms with van der Waals surface area (Å²) in [5.41, 5.74) is 7.54. The van der Waals surface area contributed by atoms with Crippen molar-refractivity contribution < 1.29 is 9.15 Å². The summed E-state index contributed by atoms with van der Waals surface area (Å²) in [7, 11) is 0. The molecule has 35 heavy (non-hydrogen) atoms. The molecule has 0 N–H and O–H groups in total. The van der Waals surface area contributed by atoms with E-state index in [0.717, 1.165) is 61.1 Å². The van der Waals surface area contributed by atoms with E-state index in [-0.39, 0.29) is 0 Å². The normalized spacial score (nSPS) is 11.7. The van der Waals surface area contributed by atoms with Gasteiger partial charge in [0, 0.05) is 21.8 Å². The molecule has 3 nitrogen and oxygen atoms in total. The summed E-state index contributed by atoms with van der Waals surface area (Å²) in [4.78, 5) is 0. The van der Waals surface area contributed by atoms with E-state index < -0.39 is 0 Å². The Balaban J connectivity index is 1.44. The van der Waals surface area contributed by atoms with Gasteiger partial charge in [-0.05, 0) is 74.0 Å². The van der Waals surface area contributed by atoms with Crippen molar-refractivity contribution in [3.63, 3.8) is 0 Å². The van der Waals surface area contributed by atoms with Gasteiger partial charge < -0.3 is 13.7 Å². The molecular weight excluding hydrogens is 430 g/mol. The van der Waals surface area contributed by atoms with E-state index in [1.165, 1.54) is 10.9 Å². The summed E-state index contributed by atoms with van der Waals surface area (Å²) in [6, 6.07) is 35.7. The molecule has 0 amide bonds. The number of benzene rings is 5. The van der Waals surface area contributed by atoms with Crippen molar-refractivity contribution in [3.8, 4) is 17.2 Å². The van der Waals surface area contributed by atoms with Crippen LogP contribution in [0.2, 0.25) is 0 Å². The fraction of sp³-hybridized carbons (Fsp3) is 0.0625. The number of hydrogen-bond acceptors (Lipinski definition) is 2. The molecule has 0 aliphatic carbocycles. The topological polar surface area (TPSA) is 27.3 Å². The van der Waals surface area contributed by atoms with Crippen molar-refractivity contribution in [3.05, 3.63) is 114 Å². The first-order valence-electron chi connectivity index (χ1n) is 11.9. The Morgan fingerprint density at radius 2 is 1.43 bits per heavy atom. The number of hydrogen-bond donors (Lipinski definition) is 0. The quantitative estimate of drug-likeness (QED) is 0.267. The number of ether oxygens (including phenoxy) is 1. The van der Waals surface area contributed by atoms with Gasteiger partial charge in [0.15, 0.2) is 0 Å². The lowest BCUT2D eigenvalue weighted by Gasteiger charge is -2.13. The van der Waals surface area contributed by atoms with Crippen molar-refractivity contribution >= 4 is 43.7 Å². The molecule has 0 bridgehead atoms. The van der Waals surface area contributed by atoms with E-state index in [2.05, 4.69) is 97.3 Å². The van der Waals surface area contributed by atoms with Gasteiger partial charge in [-0.25, -0.2) is 0 Å². The van der Waals surface area contributed by atoms with Crippen LogP contribution in [-0.4, -0.2) is 4.57 Å². The Morgan fingerprint density at radius 3 is 2.26 bits per heavy atom. The maximum atomic E-state index is 6.41. The first-order valence-corrected chi connectivity index (χ1v) is 11.9. The minimum absolute atomic E-state index is 0.843. The summed E-state index contributed by atoms with van der Waals surface area (Å²) in [5.74, 6) is 1.70. The number of nitrogens with zero attached hydrogens (tertiary/aromatic N) is 1. The molecule has 0 atom stereocenters. The van der Waals surface area contributed by atoms with Crippen LogP contribution in [0.1, 0.15) is 11.1 Å². The summed E-state index contributed by atoms with van der Waals surface area (Å²) >= 11 is 0. The molecule has 0 aliphatic rings. The van der Waals surface area contributed by atoms with Gasteiger partial charge in [0.2, 0.25) is 0 Å². The fourth-order valence-corrected chi connectivity index (χ4v) is 5.13. The molecule has 2 heterocycles. The molecule has 0 fully saturated rings. The second-order valence-electron chi connectivity index (χ2n) is 9.15. The zero-order valence-electron chi connectivity index (χ0n) is 19.6. The van der Waals surface area contributed by atoms with E-state index >= 15 is 0 Å². The lowest BCUT2D eigenvalue weighted by atomic mass is 10.1. The van der Waals surface area contributed by atoms with Gasteiger partial charge in [0.1, 0.15) is 22.7 Å². The summed E-state index contributed by atoms with van der Waals surface area (Å²) in [6.45, 7) is 4.17. The average molecular weight is 454 g/mol.